The van der Waals surface area contributed by atoms with E-state index in [4.69, 9.17) is 5.73 Å². The maximum absolute atomic E-state index is 11.7. The van der Waals surface area contributed by atoms with Gasteiger partial charge in [-0.15, -0.1) is 0 Å². The Morgan fingerprint density at radius 2 is 2.22 bits per heavy atom. The van der Waals surface area contributed by atoms with Crippen molar-refractivity contribution in [2.75, 3.05) is 6.54 Å². The Hall–Kier alpha value is -0.610. The number of hydrogen-bond acceptors (Lipinski definition) is 3. The lowest BCUT2D eigenvalue weighted by Crippen LogP contribution is -2.46. The fraction of sp³-hybridized carbons (Fsp3) is 0.929. The molecule has 1 aliphatic rings. The lowest BCUT2D eigenvalue weighted by atomic mass is 9.79. The molecular formula is C14H28N2O2. The zero-order valence-corrected chi connectivity index (χ0v) is 12.0. The highest BCUT2D eigenvalue weighted by molar-refractivity contribution is 5.76. The van der Waals surface area contributed by atoms with Gasteiger partial charge in [-0.05, 0) is 39.0 Å². The Morgan fingerprint density at radius 3 is 2.78 bits per heavy atom. The van der Waals surface area contributed by atoms with Crippen LogP contribution in [0, 0.1) is 5.92 Å². The third-order valence-corrected chi connectivity index (χ3v) is 3.68. The Labute approximate surface area is 110 Å². The average Bonchev–Trinajstić information content (AvgIpc) is 2.22. The molecule has 0 radical (unpaired) electrons. The van der Waals surface area contributed by atoms with E-state index in [1.54, 1.807) is 0 Å². The van der Waals surface area contributed by atoms with Crippen LogP contribution in [0.15, 0.2) is 0 Å². The molecule has 0 aliphatic heterocycles. The summed E-state index contributed by atoms with van der Waals surface area (Å²) in [6, 6.07) is 0. The molecule has 1 aliphatic carbocycles. The second-order valence-corrected chi connectivity index (χ2v) is 6.69. The predicted molar refractivity (Wildman–Crippen MR) is 73.1 cm³/mol. The van der Waals surface area contributed by atoms with E-state index in [1.165, 1.54) is 6.42 Å². The zero-order valence-electron chi connectivity index (χ0n) is 12.0. The van der Waals surface area contributed by atoms with Gasteiger partial charge in [-0.25, -0.2) is 0 Å². The van der Waals surface area contributed by atoms with Gasteiger partial charge in [0.05, 0.1) is 5.60 Å². The maximum atomic E-state index is 11.7. The van der Waals surface area contributed by atoms with Crippen LogP contribution in [-0.2, 0) is 4.79 Å². The summed E-state index contributed by atoms with van der Waals surface area (Å²) in [5.74, 6) is 0.531. The first kappa shape index (κ1) is 15.4. The molecule has 1 rings (SSSR count). The number of carbonyl (C=O) groups is 1. The second kappa shape index (κ2) is 6.02. The maximum Gasteiger partial charge on any atom is 0.220 e. The van der Waals surface area contributed by atoms with E-state index >= 15 is 0 Å². The van der Waals surface area contributed by atoms with Crippen LogP contribution in [0.2, 0.25) is 0 Å². The number of carbonyl (C=O) groups excluding carboxylic acids is 1. The fourth-order valence-corrected chi connectivity index (χ4v) is 2.58. The van der Waals surface area contributed by atoms with Gasteiger partial charge in [-0.3, -0.25) is 4.79 Å². The van der Waals surface area contributed by atoms with Crippen LogP contribution in [0.25, 0.3) is 0 Å². The summed E-state index contributed by atoms with van der Waals surface area (Å²) in [6.07, 6.45) is 4.89. The van der Waals surface area contributed by atoms with Crippen molar-refractivity contribution in [3.05, 3.63) is 0 Å². The topological polar surface area (TPSA) is 75.3 Å². The van der Waals surface area contributed by atoms with Crippen LogP contribution in [0.5, 0.6) is 0 Å². The molecule has 0 bridgehead atoms. The van der Waals surface area contributed by atoms with Crippen molar-refractivity contribution >= 4 is 5.91 Å². The van der Waals surface area contributed by atoms with E-state index in [9.17, 15) is 9.90 Å². The smallest absolute Gasteiger partial charge is 0.220 e. The van der Waals surface area contributed by atoms with E-state index in [1.807, 2.05) is 13.8 Å². The summed E-state index contributed by atoms with van der Waals surface area (Å²) < 4.78 is 0. The highest BCUT2D eigenvalue weighted by Gasteiger charge is 2.32. The van der Waals surface area contributed by atoms with Crippen LogP contribution in [0.1, 0.15) is 59.3 Å². The van der Waals surface area contributed by atoms with E-state index in [-0.39, 0.29) is 11.4 Å². The van der Waals surface area contributed by atoms with Gasteiger partial charge in [0.2, 0.25) is 5.91 Å². The van der Waals surface area contributed by atoms with E-state index in [0.29, 0.717) is 25.3 Å². The van der Waals surface area contributed by atoms with Crippen molar-refractivity contribution in [1.82, 2.24) is 5.32 Å². The monoisotopic (exact) mass is 256 g/mol. The van der Waals surface area contributed by atoms with Crippen LogP contribution in [-0.4, -0.2) is 28.7 Å². The first-order valence-corrected chi connectivity index (χ1v) is 6.98. The Kier molecular flexibility index (Phi) is 5.17. The summed E-state index contributed by atoms with van der Waals surface area (Å²) in [7, 11) is 0. The third-order valence-electron chi connectivity index (χ3n) is 3.68. The van der Waals surface area contributed by atoms with Crippen LogP contribution < -0.4 is 11.1 Å². The third kappa shape index (κ3) is 5.83. The second-order valence-electron chi connectivity index (χ2n) is 6.69. The Morgan fingerprint density at radius 1 is 1.56 bits per heavy atom. The minimum Gasteiger partial charge on any atom is -0.388 e. The number of nitrogens with one attached hydrogen (secondary N) is 1. The molecule has 4 heteroatoms. The molecule has 0 saturated heterocycles. The molecule has 0 aromatic heterocycles. The molecule has 0 aromatic rings. The molecule has 1 saturated carbocycles. The van der Waals surface area contributed by atoms with Crippen molar-refractivity contribution in [3.63, 3.8) is 0 Å². The predicted octanol–water partition coefficient (Wildman–Crippen LogP) is 1.56. The van der Waals surface area contributed by atoms with Crippen molar-refractivity contribution < 1.29 is 9.90 Å². The zero-order chi connectivity index (χ0) is 13.8. The molecule has 0 aromatic carbocycles. The molecule has 4 nitrogen and oxygen atoms in total. The molecule has 18 heavy (non-hydrogen) atoms. The summed E-state index contributed by atoms with van der Waals surface area (Å²) in [5.41, 5.74) is 4.82. The van der Waals surface area contributed by atoms with E-state index in [2.05, 4.69) is 12.2 Å². The van der Waals surface area contributed by atoms with Gasteiger partial charge < -0.3 is 16.2 Å². The number of hydrogen-bond donors (Lipinski definition) is 3. The molecule has 0 heterocycles. The normalized spacial score (nSPS) is 29.1. The molecule has 0 spiro atoms. The standard InChI is InChI=1S/C14H28N2O2/c1-11-5-4-7-14(18,9-11)10-16-12(17)6-8-13(2,3)15/h11,18H,4-10,15H2,1-3H3,(H,16,17). The van der Waals surface area contributed by atoms with Gasteiger partial charge in [0.25, 0.3) is 0 Å². The fourth-order valence-electron chi connectivity index (χ4n) is 2.58. The van der Waals surface area contributed by atoms with Gasteiger partial charge in [0.1, 0.15) is 0 Å². The highest BCUT2D eigenvalue weighted by atomic mass is 16.3. The molecule has 106 valence electrons. The lowest BCUT2D eigenvalue weighted by molar-refractivity contribution is -0.123. The average molecular weight is 256 g/mol. The first-order valence-electron chi connectivity index (χ1n) is 6.98. The van der Waals surface area contributed by atoms with Gasteiger partial charge >= 0.3 is 0 Å². The molecule has 1 fully saturated rings. The molecule has 2 unspecified atom stereocenters. The van der Waals surface area contributed by atoms with Gasteiger partial charge in [0.15, 0.2) is 0 Å². The molecule has 4 N–H and O–H groups in total. The quantitative estimate of drug-likeness (QED) is 0.699. The molecule has 1 amide bonds. The van der Waals surface area contributed by atoms with Crippen molar-refractivity contribution in [2.45, 2.75) is 70.4 Å². The highest BCUT2D eigenvalue weighted by Crippen LogP contribution is 2.31. The number of nitrogens with two attached hydrogens (primary N) is 1. The SMILES string of the molecule is CC1CCCC(O)(CNC(=O)CCC(C)(C)N)C1. The molecule has 2 atom stereocenters. The summed E-state index contributed by atoms with van der Waals surface area (Å²) in [4.78, 5) is 11.7. The minimum absolute atomic E-state index is 0.0137. The minimum atomic E-state index is -0.703. The summed E-state index contributed by atoms with van der Waals surface area (Å²) >= 11 is 0. The van der Waals surface area contributed by atoms with E-state index in [0.717, 1.165) is 19.3 Å². The molecular weight excluding hydrogens is 228 g/mol. The van der Waals surface area contributed by atoms with Crippen LogP contribution >= 0.6 is 0 Å². The van der Waals surface area contributed by atoms with Crippen molar-refractivity contribution in [3.8, 4) is 0 Å². The number of amides is 1. The lowest BCUT2D eigenvalue weighted by Gasteiger charge is -2.35. The van der Waals surface area contributed by atoms with Gasteiger partial charge in [-0.1, -0.05) is 19.8 Å². The van der Waals surface area contributed by atoms with E-state index < -0.39 is 5.60 Å². The summed E-state index contributed by atoms with van der Waals surface area (Å²) in [5, 5.41) is 13.2. The largest absolute Gasteiger partial charge is 0.388 e. The van der Waals surface area contributed by atoms with Gasteiger partial charge in [-0.2, -0.15) is 0 Å². The van der Waals surface area contributed by atoms with Crippen LogP contribution in [0.4, 0.5) is 0 Å². The summed E-state index contributed by atoms with van der Waals surface area (Å²) in [6.45, 7) is 6.36. The number of aliphatic hydroxyl groups is 1. The first-order chi connectivity index (χ1) is 8.20. The Balaban J connectivity index is 2.29. The number of rotatable bonds is 5. The van der Waals surface area contributed by atoms with Gasteiger partial charge in [0, 0.05) is 18.5 Å². The Bertz CT molecular complexity index is 286. The van der Waals surface area contributed by atoms with Crippen molar-refractivity contribution in [1.29, 1.82) is 0 Å². The van der Waals surface area contributed by atoms with Crippen LogP contribution in [0.3, 0.4) is 0 Å². The van der Waals surface area contributed by atoms with Crippen molar-refractivity contribution in [2.24, 2.45) is 11.7 Å².